The van der Waals surface area contributed by atoms with Gasteiger partial charge in [0.1, 0.15) is 5.56 Å². The third kappa shape index (κ3) is 4.79. The van der Waals surface area contributed by atoms with Crippen LogP contribution in [-0.2, 0) is 0 Å². The Hall–Kier alpha value is -2.24. The average Bonchev–Trinajstić information content (AvgIpc) is 2.36. The minimum Gasteiger partial charge on any atom is -0.505 e. The van der Waals surface area contributed by atoms with Crippen molar-refractivity contribution in [1.82, 2.24) is 5.32 Å². The lowest BCUT2D eigenvalue weighted by atomic mass is 10.1. The Bertz CT molecular complexity index is 486. The molecular weight excluding hydrogens is 260 g/mol. The molecule has 0 aliphatic carbocycles. The maximum absolute atomic E-state index is 11.6. The molecule has 6 heteroatoms. The molecule has 0 aliphatic heterocycles. The molecule has 0 unspecified atom stereocenters. The quantitative estimate of drug-likeness (QED) is 0.475. The van der Waals surface area contributed by atoms with Crippen LogP contribution in [0.1, 0.15) is 37.0 Å². The third-order valence-corrected chi connectivity index (χ3v) is 2.76. The number of amides is 2. The highest BCUT2D eigenvalue weighted by molar-refractivity contribution is 5.97. The van der Waals surface area contributed by atoms with E-state index >= 15 is 0 Å². The van der Waals surface area contributed by atoms with Gasteiger partial charge in [-0.3, -0.25) is 0 Å². The molecule has 0 aromatic heterocycles. The summed E-state index contributed by atoms with van der Waals surface area (Å²) in [6.45, 7) is 4.74. The summed E-state index contributed by atoms with van der Waals surface area (Å²) < 4.78 is 0. The molecule has 0 spiro atoms. The molecule has 0 atom stereocenters. The van der Waals surface area contributed by atoms with Crippen molar-refractivity contribution in [3.63, 3.8) is 0 Å². The van der Waals surface area contributed by atoms with E-state index in [4.69, 9.17) is 5.11 Å². The summed E-state index contributed by atoms with van der Waals surface area (Å²) in [5.41, 5.74) is -0.172. The van der Waals surface area contributed by atoms with Crippen molar-refractivity contribution >= 4 is 17.7 Å². The number of para-hydroxylation sites is 1. The topological polar surface area (TPSA) is 98.7 Å². The molecule has 1 rings (SSSR count). The predicted molar refractivity (Wildman–Crippen MR) is 76.2 cm³/mol. The molecule has 0 aliphatic rings. The summed E-state index contributed by atoms with van der Waals surface area (Å²) in [5.74, 6) is -1.11. The van der Waals surface area contributed by atoms with Crippen LogP contribution in [0.2, 0.25) is 0 Å². The number of carbonyl (C=O) groups excluding carboxylic acids is 1. The average molecular weight is 280 g/mol. The second-order valence-corrected chi connectivity index (χ2v) is 4.92. The number of anilines is 1. The normalized spacial score (nSPS) is 10.3. The molecule has 1 aromatic carbocycles. The standard InChI is InChI=1S/C14H20N2O4/c1-9(2)5-4-8-15-14(20)16-11-7-3-6-10(12(11)17)13(18)19/h3,6-7,9,17H,4-5,8H2,1-2H3,(H,18,19)(H2,15,16,20). The monoisotopic (exact) mass is 280 g/mol. The van der Waals surface area contributed by atoms with Crippen LogP contribution >= 0.6 is 0 Å². The Morgan fingerprint density at radius 2 is 2.00 bits per heavy atom. The van der Waals surface area contributed by atoms with Crippen molar-refractivity contribution in [2.45, 2.75) is 26.7 Å². The molecule has 4 N–H and O–H groups in total. The van der Waals surface area contributed by atoms with Gasteiger partial charge in [0, 0.05) is 6.54 Å². The van der Waals surface area contributed by atoms with Gasteiger partial charge < -0.3 is 20.8 Å². The van der Waals surface area contributed by atoms with E-state index in [1.54, 1.807) is 0 Å². The largest absolute Gasteiger partial charge is 0.505 e. The van der Waals surface area contributed by atoms with Crippen LogP contribution in [0.4, 0.5) is 10.5 Å². The van der Waals surface area contributed by atoms with Gasteiger partial charge in [-0.25, -0.2) is 9.59 Å². The molecule has 0 saturated heterocycles. The van der Waals surface area contributed by atoms with E-state index in [1.807, 2.05) is 0 Å². The number of nitrogens with one attached hydrogen (secondary N) is 2. The fraction of sp³-hybridized carbons (Fsp3) is 0.429. The van der Waals surface area contributed by atoms with Crippen molar-refractivity contribution in [3.8, 4) is 5.75 Å². The Balaban J connectivity index is 2.54. The lowest BCUT2D eigenvalue weighted by molar-refractivity contribution is 0.0693. The van der Waals surface area contributed by atoms with Gasteiger partial charge >= 0.3 is 12.0 Å². The molecule has 1 aromatic rings. The molecule has 110 valence electrons. The minimum atomic E-state index is -1.25. The number of carboxylic acid groups (broad SMARTS) is 1. The maximum Gasteiger partial charge on any atom is 0.339 e. The van der Waals surface area contributed by atoms with Crippen molar-refractivity contribution in [2.75, 3.05) is 11.9 Å². The zero-order chi connectivity index (χ0) is 15.1. The van der Waals surface area contributed by atoms with Crippen molar-refractivity contribution < 1.29 is 19.8 Å². The number of hydrogen-bond acceptors (Lipinski definition) is 3. The molecule has 6 nitrogen and oxygen atoms in total. The predicted octanol–water partition coefficient (Wildman–Crippen LogP) is 2.65. The summed E-state index contributed by atoms with van der Waals surface area (Å²) in [7, 11) is 0. The van der Waals surface area contributed by atoms with Crippen LogP contribution < -0.4 is 10.6 Å². The molecule has 0 saturated carbocycles. The Labute approximate surface area is 117 Å². The van der Waals surface area contributed by atoms with Gasteiger partial charge in [-0.1, -0.05) is 19.9 Å². The summed E-state index contributed by atoms with van der Waals surface area (Å²) in [6, 6.07) is 3.70. The van der Waals surface area contributed by atoms with Gasteiger partial charge in [0.05, 0.1) is 5.69 Å². The summed E-state index contributed by atoms with van der Waals surface area (Å²) in [5, 5.41) is 23.7. The van der Waals surface area contributed by atoms with Crippen LogP contribution in [0.5, 0.6) is 5.75 Å². The number of hydrogen-bond donors (Lipinski definition) is 4. The third-order valence-electron chi connectivity index (χ3n) is 2.76. The van der Waals surface area contributed by atoms with E-state index < -0.39 is 17.7 Å². The number of carboxylic acids is 1. The van der Waals surface area contributed by atoms with Gasteiger partial charge in [0.2, 0.25) is 0 Å². The van der Waals surface area contributed by atoms with E-state index in [-0.39, 0.29) is 11.3 Å². The highest BCUT2D eigenvalue weighted by atomic mass is 16.4. The van der Waals surface area contributed by atoms with Gasteiger partial charge in [-0.2, -0.15) is 0 Å². The van der Waals surface area contributed by atoms with Gasteiger partial charge in [0.25, 0.3) is 0 Å². The molecular formula is C14H20N2O4. The van der Waals surface area contributed by atoms with Crippen LogP contribution in [0.15, 0.2) is 18.2 Å². The molecule has 0 heterocycles. The second-order valence-electron chi connectivity index (χ2n) is 4.92. The number of carbonyl (C=O) groups is 2. The van der Waals surface area contributed by atoms with Crippen molar-refractivity contribution in [3.05, 3.63) is 23.8 Å². The van der Waals surface area contributed by atoms with Crippen LogP contribution in [-0.4, -0.2) is 28.8 Å². The summed E-state index contributed by atoms with van der Waals surface area (Å²) in [6.07, 6.45) is 1.88. The summed E-state index contributed by atoms with van der Waals surface area (Å²) in [4.78, 5) is 22.5. The molecule has 0 fully saturated rings. The van der Waals surface area contributed by atoms with E-state index in [0.29, 0.717) is 12.5 Å². The zero-order valence-corrected chi connectivity index (χ0v) is 11.6. The number of phenols is 1. The van der Waals surface area contributed by atoms with Crippen molar-refractivity contribution in [2.24, 2.45) is 5.92 Å². The Morgan fingerprint density at radius 3 is 2.60 bits per heavy atom. The maximum atomic E-state index is 11.6. The Morgan fingerprint density at radius 1 is 1.30 bits per heavy atom. The number of urea groups is 1. The Kier molecular flexibility index (Phi) is 5.83. The fourth-order valence-corrected chi connectivity index (χ4v) is 1.70. The zero-order valence-electron chi connectivity index (χ0n) is 11.6. The first kappa shape index (κ1) is 15.8. The fourth-order valence-electron chi connectivity index (χ4n) is 1.70. The number of aromatic carboxylic acids is 1. The molecule has 20 heavy (non-hydrogen) atoms. The van der Waals surface area contributed by atoms with E-state index in [0.717, 1.165) is 12.8 Å². The molecule has 0 radical (unpaired) electrons. The van der Waals surface area contributed by atoms with E-state index in [9.17, 15) is 14.7 Å². The number of rotatable bonds is 6. The first-order valence-corrected chi connectivity index (χ1v) is 6.52. The van der Waals surface area contributed by atoms with Crippen LogP contribution in [0.25, 0.3) is 0 Å². The molecule has 0 bridgehead atoms. The number of benzene rings is 1. The summed E-state index contributed by atoms with van der Waals surface area (Å²) >= 11 is 0. The van der Waals surface area contributed by atoms with E-state index in [2.05, 4.69) is 24.5 Å². The first-order chi connectivity index (χ1) is 9.41. The first-order valence-electron chi connectivity index (χ1n) is 6.52. The van der Waals surface area contributed by atoms with Gasteiger partial charge in [0.15, 0.2) is 5.75 Å². The van der Waals surface area contributed by atoms with Crippen molar-refractivity contribution in [1.29, 1.82) is 0 Å². The van der Waals surface area contributed by atoms with E-state index in [1.165, 1.54) is 18.2 Å². The minimum absolute atomic E-state index is 0.0752. The molecule has 2 amide bonds. The lowest BCUT2D eigenvalue weighted by Crippen LogP contribution is -2.29. The van der Waals surface area contributed by atoms with Crippen LogP contribution in [0, 0.1) is 5.92 Å². The lowest BCUT2D eigenvalue weighted by Gasteiger charge is -2.10. The highest BCUT2D eigenvalue weighted by Gasteiger charge is 2.14. The highest BCUT2D eigenvalue weighted by Crippen LogP contribution is 2.27. The smallest absolute Gasteiger partial charge is 0.339 e. The number of aromatic hydroxyl groups is 1. The van der Waals surface area contributed by atoms with Gasteiger partial charge in [-0.15, -0.1) is 0 Å². The van der Waals surface area contributed by atoms with Crippen LogP contribution in [0.3, 0.4) is 0 Å². The van der Waals surface area contributed by atoms with Gasteiger partial charge in [-0.05, 0) is 30.9 Å². The SMILES string of the molecule is CC(C)CCCNC(=O)Nc1cccc(C(=O)O)c1O. The second kappa shape index (κ2) is 7.37.